The van der Waals surface area contributed by atoms with Crippen LogP contribution in [0.4, 0.5) is 20.2 Å². The number of halogens is 2. The number of amides is 1. The van der Waals surface area contributed by atoms with Crippen LogP contribution in [0.1, 0.15) is 20.9 Å². The molecule has 1 aromatic carbocycles. The van der Waals surface area contributed by atoms with Gasteiger partial charge in [-0.1, -0.05) is 0 Å². The molecule has 2 aromatic heterocycles. The molecule has 2 aliphatic heterocycles. The second kappa shape index (κ2) is 8.64. The van der Waals surface area contributed by atoms with Crippen molar-refractivity contribution in [1.82, 2.24) is 10.3 Å². The molecule has 0 radical (unpaired) electrons. The number of anilines is 2. The van der Waals surface area contributed by atoms with E-state index in [0.29, 0.717) is 33.9 Å². The van der Waals surface area contributed by atoms with Gasteiger partial charge in [0.15, 0.2) is 11.6 Å². The zero-order valence-corrected chi connectivity index (χ0v) is 19.5. The van der Waals surface area contributed by atoms with Crippen molar-refractivity contribution in [2.75, 3.05) is 37.4 Å². The van der Waals surface area contributed by atoms with Crippen LogP contribution in [0.15, 0.2) is 18.2 Å². The van der Waals surface area contributed by atoms with E-state index in [0.717, 1.165) is 11.8 Å². The lowest BCUT2D eigenvalue weighted by molar-refractivity contribution is 0.0918. The van der Waals surface area contributed by atoms with Crippen molar-refractivity contribution in [1.29, 1.82) is 0 Å². The van der Waals surface area contributed by atoms with Crippen molar-refractivity contribution in [3.63, 3.8) is 0 Å². The maximum absolute atomic E-state index is 15.3. The Morgan fingerprint density at radius 1 is 1.35 bits per heavy atom. The van der Waals surface area contributed by atoms with Crippen LogP contribution in [0, 0.1) is 18.6 Å². The van der Waals surface area contributed by atoms with E-state index in [4.69, 9.17) is 20.9 Å². The Morgan fingerprint density at radius 2 is 2.15 bits per heavy atom. The minimum Gasteiger partial charge on any atom is -0.488 e. The Labute approximate surface area is 198 Å². The average molecular weight is 490 g/mol. The number of fused-ring (bicyclic) bond motifs is 2. The van der Waals surface area contributed by atoms with Crippen LogP contribution in [-0.2, 0) is 11.2 Å². The van der Waals surface area contributed by atoms with Crippen molar-refractivity contribution in [3.8, 4) is 5.75 Å². The fourth-order valence-electron chi connectivity index (χ4n) is 4.53. The first-order valence-corrected chi connectivity index (χ1v) is 11.7. The number of rotatable bonds is 4. The third-order valence-corrected chi connectivity index (χ3v) is 7.47. The van der Waals surface area contributed by atoms with E-state index in [9.17, 15) is 4.79 Å². The van der Waals surface area contributed by atoms with Crippen LogP contribution in [-0.4, -0.2) is 55.9 Å². The summed E-state index contributed by atoms with van der Waals surface area (Å²) in [5, 5.41) is 3.55. The van der Waals surface area contributed by atoms with Gasteiger partial charge < -0.3 is 31.2 Å². The quantitative estimate of drug-likeness (QED) is 0.515. The molecule has 1 amide bonds. The zero-order valence-electron chi connectivity index (χ0n) is 18.7. The van der Waals surface area contributed by atoms with E-state index in [1.165, 1.54) is 11.3 Å². The van der Waals surface area contributed by atoms with Gasteiger partial charge in [-0.3, -0.25) is 4.79 Å². The molecule has 0 unspecified atom stereocenters. The number of nitrogens with one attached hydrogen (secondary N) is 1. The molecule has 1 saturated heterocycles. The molecule has 0 spiro atoms. The molecule has 2 aliphatic rings. The van der Waals surface area contributed by atoms with Gasteiger partial charge in [0.05, 0.1) is 29.6 Å². The second-order valence-corrected chi connectivity index (χ2v) is 9.68. The number of carbonyl (C=O) groups is 1. The molecule has 1 fully saturated rings. The molecule has 5 N–H and O–H groups in total. The minimum absolute atomic E-state index is 0.000914. The molecule has 180 valence electrons. The lowest BCUT2D eigenvalue weighted by Crippen LogP contribution is -2.43. The lowest BCUT2D eigenvalue weighted by Gasteiger charge is -2.29. The highest BCUT2D eigenvalue weighted by Crippen LogP contribution is 2.38. The highest BCUT2D eigenvalue weighted by Gasteiger charge is 2.35. The van der Waals surface area contributed by atoms with Crippen LogP contribution >= 0.6 is 11.3 Å². The van der Waals surface area contributed by atoms with Crippen molar-refractivity contribution >= 4 is 38.8 Å². The summed E-state index contributed by atoms with van der Waals surface area (Å²) < 4.78 is 41.2. The molecular weight excluding hydrogens is 464 g/mol. The topological polar surface area (TPSA) is 116 Å². The summed E-state index contributed by atoms with van der Waals surface area (Å²) in [5.41, 5.74) is 13.6. The monoisotopic (exact) mass is 489 g/mol. The van der Waals surface area contributed by atoms with Crippen LogP contribution in [0.2, 0.25) is 0 Å². The Bertz CT molecular complexity index is 1280. The van der Waals surface area contributed by atoms with Crippen LogP contribution in [0.3, 0.4) is 0 Å². The SMILES string of the molecule is CO[C@@H]1CN(c2cc(F)c3c(c2F)OC[C@H](NC(=O)c2sc4nc(C)ccc4c2N)C3)C[C@H]1N. The molecule has 3 atom stereocenters. The van der Waals surface area contributed by atoms with Gasteiger partial charge in [-0.15, -0.1) is 11.3 Å². The van der Waals surface area contributed by atoms with Crippen molar-refractivity contribution in [2.45, 2.75) is 31.5 Å². The van der Waals surface area contributed by atoms with Crippen LogP contribution < -0.4 is 26.4 Å². The Balaban J connectivity index is 1.35. The summed E-state index contributed by atoms with van der Waals surface area (Å²) >= 11 is 1.20. The van der Waals surface area contributed by atoms with E-state index in [1.54, 1.807) is 12.0 Å². The maximum Gasteiger partial charge on any atom is 0.263 e. The van der Waals surface area contributed by atoms with Gasteiger partial charge in [0.2, 0.25) is 0 Å². The minimum atomic E-state index is -0.639. The smallest absolute Gasteiger partial charge is 0.263 e. The van der Waals surface area contributed by atoms with Gasteiger partial charge >= 0.3 is 0 Å². The number of methoxy groups -OCH3 is 1. The van der Waals surface area contributed by atoms with Gasteiger partial charge in [-0.2, -0.15) is 0 Å². The van der Waals surface area contributed by atoms with Gasteiger partial charge in [0.25, 0.3) is 5.91 Å². The predicted molar refractivity (Wildman–Crippen MR) is 127 cm³/mol. The fourth-order valence-corrected chi connectivity index (χ4v) is 5.58. The second-order valence-electron chi connectivity index (χ2n) is 8.68. The first kappa shape index (κ1) is 22.8. The molecule has 34 heavy (non-hydrogen) atoms. The van der Waals surface area contributed by atoms with E-state index in [1.807, 2.05) is 19.1 Å². The number of hydrogen-bond acceptors (Lipinski definition) is 8. The number of nitrogens with two attached hydrogens (primary N) is 2. The summed E-state index contributed by atoms with van der Waals surface area (Å²) in [5.74, 6) is -1.76. The molecule has 0 aliphatic carbocycles. The number of nitrogens with zero attached hydrogens (tertiary/aromatic N) is 2. The highest BCUT2D eigenvalue weighted by molar-refractivity contribution is 7.21. The number of hydrogen-bond donors (Lipinski definition) is 3. The predicted octanol–water partition coefficient (Wildman–Crippen LogP) is 2.36. The number of thiophene rings is 1. The number of pyridine rings is 1. The van der Waals surface area contributed by atoms with Crippen LogP contribution in [0.25, 0.3) is 10.2 Å². The third-order valence-electron chi connectivity index (χ3n) is 6.36. The zero-order chi connectivity index (χ0) is 24.1. The largest absolute Gasteiger partial charge is 0.488 e. The van der Waals surface area contributed by atoms with E-state index < -0.39 is 23.6 Å². The standard InChI is InChI=1S/C23H25F2N5O3S/c1-10-3-4-12-19(27)21(34-23(12)28-10)22(31)29-11-5-13-14(24)6-16(18(25)20(13)33-9-11)30-7-15(26)17(8-30)32-2/h3-4,6,11,15,17H,5,7-9,26-27H2,1-2H3,(H,29,31)/t11-,15-,17-/m1/s1. The molecule has 3 aromatic rings. The highest BCUT2D eigenvalue weighted by atomic mass is 32.1. The number of aryl methyl sites for hydroxylation is 1. The van der Waals surface area contributed by atoms with Gasteiger partial charge in [-0.05, 0) is 19.1 Å². The Morgan fingerprint density at radius 3 is 2.88 bits per heavy atom. The van der Waals surface area contributed by atoms with E-state index >= 15 is 8.78 Å². The fraction of sp³-hybridized carbons (Fsp3) is 0.391. The number of carbonyl (C=O) groups excluding carboxylic acids is 1. The number of aromatic nitrogens is 1. The average Bonchev–Trinajstić information content (AvgIpc) is 3.35. The Hall–Kier alpha value is -3.02. The maximum atomic E-state index is 15.3. The number of ether oxygens (including phenoxy) is 2. The Kier molecular flexibility index (Phi) is 5.78. The van der Waals surface area contributed by atoms with Gasteiger partial charge in [-0.25, -0.2) is 13.8 Å². The molecule has 0 saturated carbocycles. The van der Waals surface area contributed by atoms with Crippen molar-refractivity contribution in [2.24, 2.45) is 5.73 Å². The summed E-state index contributed by atoms with van der Waals surface area (Å²) in [6.45, 7) is 2.56. The third kappa shape index (κ3) is 3.83. The lowest BCUT2D eigenvalue weighted by atomic mass is 10.0. The summed E-state index contributed by atoms with van der Waals surface area (Å²) in [6, 6.07) is 3.97. The van der Waals surface area contributed by atoms with Gasteiger partial charge in [0, 0.05) is 49.3 Å². The van der Waals surface area contributed by atoms with Crippen molar-refractivity contribution in [3.05, 3.63) is 46.0 Å². The molecule has 11 heteroatoms. The molecular formula is C23H25F2N5O3S. The van der Waals surface area contributed by atoms with Crippen LogP contribution in [0.5, 0.6) is 5.75 Å². The molecule has 0 bridgehead atoms. The summed E-state index contributed by atoms with van der Waals surface area (Å²) in [6.07, 6.45) is -0.175. The van der Waals surface area contributed by atoms with E-state index in [-0.39, 0.29) is 42.2 Å². The molecule has 4 heterocycles. The molecule has 5 rings (SSSR count). The number of benzene rings is 1. The normalized spacial score (nSPS) is 22.0. The first-order valence-electron chi connectivity index (χ1n) is 10.9. The summed E-state index contributed by atoms with van der Waals surface area (Å²) in [7, 11) is 1.54. The van der Waals surface area contributed by atoms with E-state index in [2.05, 4.69) is 10.3 Å². The van der Waals surface area contributed by atoms with Crippen molar-refractivity contribution < 1.29 is 23.0 Å². The first-order chi connectivity index (χ1) is 16.3. The molecule has 8 nitrogen and oxygen atoms in total. The summed E-state index contributed by atoms with van der Waals surface area (Å²) in [4.78, 5) is 20.0. The number of nitrogen functional groups attached to an aromatic ring is 1. The van der Waals surface area contributed by atoms with Gasteiger partial charge in [0.1, 0.15) is 22.1 Å².